The molecule has 3 rings (SSSR count). The Morgan fingerprint density at radius 1 is 1.25 bits per heavy atom. The summed E-state index contributed by atoms with van der Waals surface area (Å²) >= 11 is 0. The summed E-state index contributed by atoms with van der Waals surface area (Å²) in [5.74, 6) is 2.35. The molecular formula is C16H24N2O2. The van der Waals surface area contributed by atoms with Gasteiger partial charge in [0, 0.05) is 19.1 Å². The molecule has 3 atom stereocenters. The van der Waals surface area contributed by atoms with E-state index in [0.29, 0.717) is 18.6 Å². The summed E-state index contributed by atoms with van der Waals surface area (Å²) in [5, 5.41) is 0. The molecule has 0 saturated carbocycles. The first-order valence-corrected chi connectivity index (χ1v) is 7.59. The van der Waals surface area contributed by atoms with Crippen molar-refractivity contribution in [1.82, 2.24) is 4.90 Å². The number of ether oxygens (including phenoxy) is 2. The van der Waals surface area contributed by atoms with Crippen LogP contribution in [-0.2, 0) is 0 Å². The van der Waals surface area contributed by atoms with Crippen LogP contribution in [0.5, 0.6) is 11.5 Å². The van der Waals surface area contributed by atoms with E-state index >= 15 is 0 Å². The van der Waals surface area contributed by atoms with Gasteiger partial charge < -0.3 is 15.2 Å². The van der Waals surface area contributed by atoms with Crippen LogP contribution in [-0.4, -0.2) is 43.3 Å². The van der Waals surface area contributed by atoms with Crippen molar-refractivity contribution in [2.75, 3.05) is 26.2 Å². The summed E-state index contributed by atoms with van der Waals surface area (Å²) in [6.07, 6.45) is 2.59. The maximum Gasteiger partial charge on any atom is 0.161 e. The van der Waals surface area contributed by atoms with E-state index in [-0.39, 0.29) is 6.10 Å². The molecule has 2 N–H and O–H groups in total. The van der Waals surface area contributed by atoms with Crippen molar-refractivity contribution in [1.29, 1.82) is 0 Å². The van der Waals surface area contributed by atoms with Gasteiger partial charge in [-0.3, -0.25) is 4.90 Å². The highest BCUT2D eigenvalue weighted by molar-refractivity contribution is 5.40. The van der Waals surface area contributed by atoms with Gasteiger partial charge in [0.2, 0.25) is 0 Å². The Labute approximate surface area is 120 Å². The molecule has 4 nitrogen and oxygen atoms in total. The van der Waals surface area contributed by atoms with Gasteiger partial charge in [0.05, 0.1) is 0 Å². The Kier molecular flexibility index (Phi) is 4.13. The highest BCUT2D eigenvalue weighted by Crippen LogP contribution is 2.31. The van der Waals surface area contributed by atoms with Gasteiger partial charge in [0.25, 0.3) is 0 Å². The molecule has 2 heterocycles. The monoisotopic (exact) mass is 276 g/mol. The van der Waals surface area contributed by atoms with E-state index in [1.165, 1.54) is 12.8 Å². The summed E-state index contributed by atoms with van der Waals surface area (Å²) in [7, 11) is 0. The molecule has 1 fully saturated rings. The molecule has 0 amide bonds. The van der Waals surface area contributed by atoms with Gasteiger partial charge in [-0.2, -0.15) is 0 Å². The lowest BCUT2D eigenvalue weighted by Gasteiger charge is -2.40. The average molecular weight is 276 g/mol. The molecule has 1 saturated heterocycles. The number of nitrogens with two attached hydrogens (primary N) is 1. The van der Waals surface area contributed by atoms with Crippen LogP contribution in [0.2, 0.25) is 0 Å². The zero-order valence-electron chi connectivity index (χ0n) is 12.1. The number of piperidine rings is 1. The van der Waals surface area contributed by atoms with Crippen molar-refractivity contribution in [3.05, 3.63) is 24.3 Å². The van der Waals surface area contributed by atoms with E-state index < -0.39 is 0 Å². The molecule has 0 aromatic heterocycles. The van der Waals surface area contributed by atoms with Crippen LogP contribution < -0.4 is 15.2 Å². The van der Waals surface area contributed by atoms with Crippen LogP contribution in [0.15, 0.2) is 24.3 Å². The second-order valence-corrected chi connectivity index (χ2v) is 5.98. The average Bonchev–Trinajstić information content (AvgIpc) is 2.49. The molecule has 0 aliphatic carbocycles. The molecule has 4 heteroatoms. The number of hydrogen-bond acceptors (Lipinski definition) is 4. The van der Waals surface area contributed by atoms with Crippen LogP contribution in [0.3, 0.4) is 0 Å². The smallest absolute Gasteiger partial charge is 0.161 e. The number of hydrogen-bond donors (Lipinski definition) is 1. The van der Waals surface area contributed by atoms with E-state index in [9.17, 15) is 0 Å². The molecule has 1 aromatic rings. The number of nitrogens with zero attached hydrogens (tertiary/aromatic N) is 1. The third kappa shape index (κ3) is 2.91. The van der Waals surface area contributed by atoms with Crippen LogP contribution in [0.1, 0.15) is 19.8 Å². The second-order valence-electron chi connectivity index (χ2n) is 5.98. The first-order chi connectivity index (χ1) is 9.76. The SMILES string of the molecule is CC1CCC(CN)CN1CC1COc2ccccc2O1. The van der Waals surface area contributed by atoms with Crippen LogP contribution in [0.4, 0.5) is 0 Å². The summed E-state index contributed by atoms with van der Waals surface area (Å²) < 4.78 is 11.8. The van der Waals surface area contributed by atoms with Crippen molar-refractivity contribution < 1.29 is 9.47 Å². The molecule has 20 heavy (non-hydrogen) atoms. The predicted molar refractivity (Wildman–Crippen MR) is 79.2 cm³/mol. The van der Waals surface area contributed by atoms with Gasteiger partial charge in [-0.25, -0.2) is 0 Å². The molecule has 2 aliphatic rings. The summed E-state index contributed by atoms with van der Waals surface area (Å²) in [5.41, 5.74) is 5.82. The number of benzene rings is 1. The van der Waals surface area contributed by atoms with Gasteiger partial charge >= 0.3 is 0 Å². The zero-order valence-corrected chi connectivity index (χ0v) is 12.1. The van der Waals surface area contributed by atoms with E-state index in [1.807, 2.05) is 24.3 Å². The zero-order chi connectivity index (χ0) is 13.9. The van der Waals surface area contributed by atoms with Crippen LogP contribution >= 0.6 is 0 Å². The third-order valence-electron chi connectivity index (χ3n) is 4.45. The van der Waals surface area contributed by atoms with Crippen molar-refractivity contribution >= 4 is 0 Å². The van der Waals surface area contributed by atoms with Crippen molar-refractivity contribution in [2.24, 2.45) is 11.7 Å². The van der Waals surface area contributed by atoms with Crippen molar-refractivity contribution in [2.45, 2.75) is 31.9 Å². The molecule has 0 radical (unpaired) electrons. The Balaban J connectivity index is 1.61. The molecule has 0 bridgehead atoms. The van der Waals surface area contributed by atoms with Gasteiger partial charge in [0.1, 0.15) is 12.7 Å². The number of likely N-dealkylation sites (tertiary alicyclic amines) is 1. The molecular weight excluding hydrogens is 252 g/mol. The highest BCUT2D eigenvalue weighted by atomic mass is 16.6. The first kappa shape index (κ1) is 13.7. The lowest BCUT2D eigenvalue weighted by molar-refractivity contribution is 0.0274. The molecule has 110 valence electrons. The van der Waals surface area contributed by atoms with Gasteiger partial charge in [-0.05, 0) is 44.4 Å². The number of fused-ring (bicyclic) bond motifs is 1. The van der Waals surface area contributed by atoms with E-state index in [2.05, 4.69) is 11.8 Å². The fraction of sp³-hybridized carbons (Fsp3) is 0.625. The van der Waals surface area contributed by atoms with Gasteiger partial charge in [0.15, 0.2) is 11.5 Å². The maximum absolute atomic E-state index is 6.05. The first-order valence-electron chi connectivity index (χ1n) is 7.59. The largest absolute Gasteiger partial charge is 0.486 e. The van der Waals surface area contributed by atoms with Gasteiger partial charge in [-0.1, -0.05) is 12.1 Å². The third-order valence-corrected chi connectivity index (χ3v) is 4.45. The topological polar surface area (TPSA) is 47.7 Å². The fourth-order valence-electron chi connectivity index (χ4n) is 3.12. The Morgan fingerprint density at radius 3 is 2.85 bits per heavy atom. The quantitative estimate of drug-likeness (QED) is 0.916. The van der Waals surface area contributed by atoms with E-state index in [0.717, 1.165) is 31.1 Å². The fourth-order valence-corrected chi connectivity index (χ4v) is 3.12. The van der Waals surface area contributed by atoms with Crippen LogP contribution in [0.25, 0.3) is 0 Å². The lowest BCUT2D eigenvalue weighted by atomic mass is 9.93. The van der Waals surface area contributed by atoms with Gasteiger partial charge in [-0.15, -0.1) is 0 Å². The van der Waals surface area contributed by atoms with Crippen LogP contribution in [0, 0.1) is 5.92 Å². The second kappa shape index (κ2) is 6.02. The Hall–Kier alpha value is -1.26. The minimum absolute atomic E-state index is 0.115. The Bertz CT molecular complexity index is 452. The normalized spacial score (nSPS) is 30.2. The molecule has 3 unspecified atom stereocenters. The minimum atomic E-state index is 0.115. The minimum Gasteiger partial charge on any atom is -0.486 e. The molecule has 0 spiro atoms. The van der Waals surface area contributed by atoms with Crippen molar-refractivity contribution in [3.63, 3.8) is 0 Å². The predicted octanol–water partition coefficient (Wildman–Crippen LogP) is 1.89. The van der Waals surface area contributed by atoms with E-state index in [1.54, 1.807) is 0 Å². The number of rotatable bonds is 3. The highest BCUT2D eigenvalue weighted by Gasteiger charge is 2.29. The standard InChI is InChI=1S/C16H24N2O2/c1-12-6-7-13(8-17)9-18(12)10-14-11-19-15-4-2-3-5-16(15)20-14/h2-5,12-14H,6-11,17H2,1H3. The summed E-state index contributed by atoms with van der Waals surface area (Å²) in [6.45, 7) is 5.72. The summed E-state index contributed by atoms with van der Waals surface area (Å²) in [6, 6.07) is 8.50. The van der Waals surface area contributed by atoms with Crippen molar-refractivity contribution in [3.8, 4) is 11.5 Å². The lowest BCUT2D eigenvalue weighted by Crippen LogP contribution is -2.49. The van der Waals surface area contributed by atoms with E-state index in [4.69, 9.17) is 15.2 Å². The maximum atomic E-state index is 6.05. The molecule has 1 aromatic carbocycles. The molecule has 2 aliphatic heterocycles. The summed E-state index contributed by atoms with van der Waals surface area (Å²) in [4.78, 5) is 2.50. The number of para-hydroxylation sites is 2. The Morgan fingerprint density at radius 2 is 2.05 bits per heavy atom.